The van der Waals surface area contributed by atoms with Gasteiger partial charge >= 0.3 is 5.97 Å². The van der Waals surface area contributed by atoms with E-state index in [1.807, 2.05) is 0 Å². The van der Waals surface area contributed by atoms with E-state index < -0.39 is 37.3 Å². The Morgan fingerprint density at radius 3 is 2.59 bits per heavy atom. The summed E-state index contributed by atoms with van der Waals surface area (Å²) >= 11 is 5.85. The molecule has 34 heavy (non-hydrogen) atoms. The Morgan fingerprint density at radius 1 is 1.26 bits per heavy atom. The summed E-state index contributed by atoms with van der Waals surface area (Å²) in [4.78, 5) is 36.6. The number of aliphatic carboxylic acids is 1. The average Bonchev–Trinajstić information content (AvgIpc) is 3.16. The molecule has 0 aliphatic rings. The van der Waals surface area contributed by atoms with Crippen molar-refractivity contribution in [3.05, 3.63) is 47.5 Å². The maximum atomic E-state index is 13.6. The smallest absolute Gasteiger partial charge is 0.323 e. The first-order chi connectivity index (χ1) is 15.9. The number of halogens is 1. The molecule has 0 saturated carbocycles. The summed E-state index contributed by atoms with van der Waals surface area (Å²) in [5, 5.41) is 14.9. The lowest BCUT2D eigenvalue weighted by atomic mass is 10.1. The van der Waals surface area contributed by atoms with E-state index in [-0.39, 0.29) is 17.9 Å². The van der Waals surface area contributed by atoms with Crippen LogP contribution in [-0.4, -0.2) is 54.5 Å². The minimum absolute atomic E-state index is 0.203. The van der Waals surface area contributed by atoms with E-state index in [0.717, 1.165) is 0 Å². The molecule has 0 saturated heterocycles. The van der Waals surface area contributed by atoms with Crippen LogP contribution in [0.15, 0.2) is 36.9 Å². The molecule has 12 nitrogen and oxygen atoms in total. The second-order valence-corrected chi connectivity index (χ2v) is 10.8. The Bertz CT molecular complexity index is 1250. The van der Waals surface area contributed by atoms with Gasteiger partial charge < -0.3 is 20.1 Å². The third-order valence-electron chi connectivity index (χ3n) is 4.81. The molecule has 5 N–H and O–H groups in total. The molecule has 1 aromatic carbocycles. The normalized spacial score (nSPS) is 14.5. The summed E-state index contributed by atoms with van der Waals surface area (Å²) in [5.41, 5.74) is 5.35. The fraction of sp³-hybridized carbons (Fsp3) is 0.350. The van der Waals surface area contributed by atoms with E-state index in [9.17, 15) is 19.3 Å². The van der Waals surface area contributed by atoms with Crippen LogP contribution in [0.2, 0.25) is 5.02 Å². The minimum atomic E-state index is -3.88. The number of anilines is 1. The Labute approximate surface area is 200 Å². The highest BCUT2D eigenvalue weighted by atomic mass is 35.5. The van der Waals surface area contributed by atoms with Gasteiger partial charge in [0.25, 0.3) is 13.4 Å². The van der Waals surface area contributed by atoms with E-state index >= 15 is 0 Å². The number of nitrogens with one attached hydrogen (secondary N) is 2. The van der Waals surface area contributed by atoms with Gasteiger partial charge in [0.15, 0.2) is 11.5 Å². The molecule has 1 amide bonds. The highest BCUT2D eigenvalue weighted by molar-refractivity contribution is 7.60. The van der Waals surface area contributed by atoms with Crippen molar-refractivity contribution in [3.8, 4) is 0 Å². The van der Waals surface area contributed by atoms with E-state index in [2.05, 4.69) is 25.1 Å². The van der Waals surface area contributed by atoms with Gasteiger partial charge in [0.2, 0.25) is 0 Å². The molecule has 14 heteroatoms. The number of imidazole rings is 1. The number of ether oxygens (including phenoxy) is 1. The van der Waals surface area contributed by atoms with Gasteiger partial charge in [-0.05, 0) is 45.0 Å². The lowest BCUT2D eigenvalue weighted by Gasteiger charge is -2.29. The summed E-state index contributed by atoms with van der Waals surface area (Å²) in [5.74, 6) is -1.67. The molecule has 2 unspecified atom stereocenters. The van der Waals surface area contributed by atoms with Crippen LogP contribution in [0.5, 0.6) is 0 Å². The van der Waals surface area contributed by atoms with Crippen molar-refractivity contribution in [2.45, 2.75) is 39.0 Å². The van der Waals surface area contributed by atoms with Crippen LogP contribution < -0.4 is 15.9 Å². The van der Waals surface area contributed by atoms with E-state index in [0.29, 0.717) is 16.2 Å². The molecule has 0 fully saturated rings. The number of carboxylic acid groups (broad SMARTS) is 1. The number of rotatable bonds is 10. The molecule has 0 radical (unpaired) electrons. The average molecular weight is 510 g/mol. The lowest BCUT2D eigenvalue weighted by Crippen LogP contribution is -2.48. The SMILES string of the molecule is CC(Cn1cnc2c(N)ncnc21)OCP(=O)(NC(=O)c1ccc(Cl)cc1)NC(C)(C)C(=O)O. The zero-order valence-corrected chi connectivity index (χ0v) is 20.4. The topological polar surface area (TPSA) is 174 Å². The summed E-state index contributed by atoms with van der Waals surface area (Å²) in [7, 11) is -3.88. The predicted molar refractivity (Wildman–Crippen MR) is 127 cm³/mol. The van der Waals surface area contributed by atoms with Crippen molar-refractivity contribution >= 4 is 47.9 Å². The van der Waals surface area contributed by atoms with Crippen LogP contribution in [0.1, 0.15) is 31.1 Å². The van der Waals surface area contributed by atoms with Crippen molar-refractivity contribution < 1.29 is 24.0 Å². The number of fused-ring (bicyclic) bond motifs is 1. The molecular weight excluding hydrogens is 485 g/mol. The molecule has 3 aromatic rings. The fourth-order valence-electron chi connectivity index (χ4n) is 3.02. The quantitative estimate of drug-likeness (QED) is 0.297. The highest BCUT2D eigenvalue weighted by Crippen LogP contribution is 2.40. The predicted octanol–water partition coefficient (Wildman–Crippen LogP) is 2.50. The Balaban J connectivity index is 1.75. The zero-order valence-electron chi connectivity index (χ0n) is 18.7. The Hall–Kier alpha value is -3.05. The molecule has 0 spiro atoms. The molecule has 2 atom stereocenters. The third kappa shape index (κ3) is 6.09. The number of nitrogen functional groups attached to an aromatic ring is 1. The molecule has 3 rings (SSSR count). The number of hydrogen-bond donors (Lipinski definition) is 4. The third-order valence-corrected chi connectivity index (χ3v) is 7.06. The summed E-state index contributed by atoms with van der Waals surface area (Å²) in [6, 6.07) is 5.96. The monoisotopic (exact) mass is 509 g/mol. The van der Waals surface area contributed by atoms with Crippen LogP contribution in [0.25, 0.3) is 11.2 Å². The second kappa shape index (κ2) is 10.1. The van der Waals surface area contributed by atoms with Crippen LogP contribution in [0, 0.1) is 0 Å². The number of amides is 1. The molecule has 2 heterocycles. The molecule has 182 valence electrons. The van der Waals surface area contributed by atoms with E-state index in [4.69, 9.17) is 22.1 Å². The standard InChI is InChI=1S/C20H25ClN7O5P/c1-12(8-28-10-25-15-16(22)23-9-24-17(15)28)33-11-34(32,27-20(2,3)19(30)31)26-18(29)13-4-6-14(21)7-5-13/h4-7,9-10,12H,8,11H2,1-3H3,(H,30,31)(H2,22,23,24)(H2,26,27,29,32). The minimum Gasteiger partial charge on any atom is -0.480 e. The lowest BCUT2D eigenvalue weighted by molar-refractivity contribution is -0.142. The number of carbonyl (C=O) groups is 2. The van der Waals surface area contributed by atoms with Crippen LogP contribution in [0.4, 0.5) is 5.82 Å². The van der Waals surface area contributed by atoms with Crippen molar-refractivity contribution in [1.29, 1.82) is 0 Å². The summed E-state index contributed by atoms with van der Waals surface area (Å²) < 4.78 is 21.1. The zero-order chi connectivity index (χ0) is 25.1. The van der Waals surface area contributed by atoms with Crippen LogP contribution in [0.3, 0.4) is 0 Å². The summed E-state index contributed by atoms with van der Waals surface area (Å²) in [6.45, 7) is 4.67. The number of benzene rings is 1. The van der Waals surface area contributed by atoms with E-state index in [1.165, 1.54) is 50.8 Å². The summed E-state index contributed by atoms with van der Waals surface area (Å²) in [6.07, 6.45) is 1.88. The number of nitrogens with zero attached hydrogens (tertiary/aromatic N) is 4. The fourth-order valence-corrected chi connectivity index (χ4v) is 5.25. The number of carboxylic acids is 1. The van der Waals surface area contributed by atoms with Gasteiger partial charge in [-0.3, -0.25) is 19.2 Å². The van der Waals surface area contributed by atoms with Gasteiger partial charge in [0.1, 0.15) is 23.7 Å². The van der Waals surface area contributed by atoms with Gasteiger partial charge in [-0.15, -0.1) is 0 Å². The first kappa shape index (κ1) is 25.6. The molecular formula is C20H25ClN7O5P. The van der Waals surface area contributed by atoms with Gasteiger partial charge in [-0.25, -0.2) is 20.0 Å². The first-order valence-electron chi connectivity index (χ1n) is 10.1. The van der Waals surface area contributed by atoms with E-state index in [1.54, 1.807) is 11.5 Å². The number of hydrogen-bond acceptors (Lipinski definition) is 8. The maximum Gasteiger partial charge on any atom is 0.323 e. The number of nitrogens with two attached hydrogens (primary N) is 1. The molecule has 0 aliphatic carbocycles. The maximum absolute atomic E-state index is 13.6. The van der Waals surface area contributed by atoms with Gasteiger partial charge in [-0.2, -0.15) is 0 Å². The van der Waals surface area contributed by atoms with Gasteiger partial charge in [0, 0.05) is 10.6 Å². The highest BCUT2D eigenvalue weighted by Gasteiger charge is 2.37. The number of carbonyl (C=O) groups excluding carboxylic acids is 1. The molecule has 2 aromatic heterocycles. The largest absolute Gasteiger partial charge is 0.480 e. The van der Waals surface area contributed by atoms with Crippen molar-refractivity contribution in [2.75, 3.05) is 12.1 Å². The Morgan fingerprint density at radius 2 is 1.94 bits per heavy atom. The van der Waals surface area contributed by atoms with Crippen molar-refractivity contribution in [1.82, 2.24) is 29.7 Å². The van der Waals surface area contributed by atoms with Gasteiger partial charge in [0.05, 0.1) is 19.0 Å². The number of aromatic nitrogens is 4. The second-order valence-electron chi connectivity index (χ2n) is 8.16. The van der Waals surface area contributed by atoms with Gasteiger partial charge in [-0.1, -0.05) is 11.6 Å². The van der Waals surface area contributed by atoms with Crippen LogP contribution >= 0.6 is 19.0 Å². The Kier molecular flexibility index (Phi) is 7.57. The molecule has 0 aliphatic heterocycles. The first-order valence-corrected chi connectivity index (χ1v) is 12.4. The van der Waals surface area contributed by atoms with Crippen molar-refractivity contribution in [3.63, 3.8) is 0 Å². The molecule has 0 bridgehead atoms. The van der Waals surface area contributed by atoms with Crippen molar-refractivity contribution in [2.24, 2.45) is 0 Å². The van der Waals surface area contributed by atoms with Crippen LogP contribution in [-0.2, 0) is 20.6 Å².